The summed E-state index contributed by atoms with van der Waals surface area (Å²) in [7, 11) is 0. The predicted octanol–water partition coefficient (Wildman–Crippen LogP) is 4.23. The molecular weight excluding hydrogens is 310 g/mol. The van der Waals surface area contributed by atoms with Crippen LogP contribution in [0.5, 0.6) is 0 Å². The van der Waals surface area contributed by atoms with Crippen LogP contribution in [0.4, 0.5) is 5.69 Å². The second-order valence-electron chi connectivity index (χ2n) is 5.20. The van der Waals surface area contributed by atoms with Gasteiger partial charge in [-0.15, -0.1) is 11.3 Å². The van der Waals surface area contributed by atoms with E-state index in [1.165, 1.54) is 0 Å². The van der Waals surface area contributed by atoms with E-state index in [0.29, 0.717) is 23.4 Å². The third kappa shape index (κ3) is 3.17. The van der Waals surface area contributed by atoms with Gasteiger partial charge in [-0.3, -0.25) is 4.79 Å². The molecule has 3 aromatic rings. The Balaban J connectivity index is 1.86. The molecule has 0 aliphatic rings. The molecule has 118 valence electrons. The van der Waals surface area contributed by atoms with Crippen LogP contribution in [0.15, 0.2) is 34.2 Å². The number of nitrogens with one attached hydrogen (secondary N) is 1. The maximum atomic E-state index is 12.5. The number of nitrogens with zero attached hydrogens (tertiary/aromatic N) is 2. The largest absolute Gasteiger partial charge is 0.361 e. The van der Waals surface area contributed by atoms with Crippen molar-refractivity contribution in [2.45, 2.75) is 27.2 Å². The Bertz CT molecular complexity index is 851. The van der Waals surface area contributed by atoms with Crippen molar-refractivity contribution >= 4 is 22.9 Å². The summed E-state index contributed by atoms with van der Waals surface area (Å²) in [6.07, 6.45) is 0.651. The Morgan fingerprint density at radius 2 is 2.17 bits per heavy atom. The molecule has 0 radical (unpaired) electrons. The molecule has 0 saturated heterocycles. The highest BCUT2D eigenvalue weighted by Gasteiger charge is 2.19. The highest BCUT2D eigenvalue weighted by molar-refractivity contribution is 7.09. The summed E-state index contributed by atoms with van der Waals surface area (Å²) in [5.41, 5.74) is 3.80. The summed E-state index contributed by atoms with van der Waals surface area (Å²) >= 11 is 1.60. The molecule has 0 aliphatic heterocycles. The molecule has 2 aromatic heterocycles. The maximum absolute atomic E-state index is 12.5. The Morgan fingerprint density at radius 3 is 2.87 bits per heavy atom. The summed E-state index contributed by atoms with van der Waals surface area (Å²) in [4.78, 5) is 17.0. The van der Waals surface area contributed by atoms with E-state index in [4.69, 9.17) is 4.52 Å². The highest BCUT2D eigenvalue weighted by Crippen LogP contribution is 2.25. The minimum absolute atomic E-state index is 0.202. The van der Waals surface area contributed by atoms with Gasteiger partial charge in [0.25, 0.3) is 5.91 Å². The molecular formula is C17H17N3O2S. The highest BCUT2D eigenvalue weighted by atomic mass is 32.1. The summed E-state index contributed by atoms with van der Waals surface area (Å²) < 4.78 is 5.12. The van der Waals surface area contributed by atoms with Gasteiger partial charge in [0.2, 0.25) is 0 Å². The van der Waals surface area contributed by atoms with E-state index in [2.05, 4.69) is 15.5 Å². The topological polar surface area (TPSA) is 68.0 Å². The van der Waals surface area contributed by atoms with Crippen molar-refractivity contribution in [3.63, 3.8) is 0 Å². The quantitative estimate of drug-likeness (QED) is 0.778. The molecule has 23 heavy (non-hydrogen) atoms. The van der Waals surface area contributed by atoms with Gasteiger partial charge in [-0.25, -0.2) is 4.98 Å². The summed E-state index contributed by atoms with van der Waals surface area (Å²) in [6, 6.07) is 7.66. The van der Waals surface area contributed by atoms with Crippen LogP contribution in [0.1, 0.15) is 33.7 Å². The minimum Gasteiger partial charge on any atom is -0.361 e. The van der Waals surface area contributed by atoms with Gasteiger partial charge in [-0.1, -0.05) is 24.2 Å². The van der Waals surface area contributed by atoms with Gasteiger partial charge in [0.1, 0.15) is 11.3 Å². The van der Waals surface area contributed by atoms with E-state index in [1.807, 2.05) is 43.5 Å². The van der Waals surface area contributed by atoms with E-state index < -0.39 is 0 Å². The molecule has 1 aromatic carbocycles. The number of rotatable bonds is 4. The second kappa shape index (κ2) is 6.34. The average Bonchev–Trinajstić information content (AvgIpc) is 3.13. The first-order chi connectivity index (χ1) is 11.1. The molecule has 2 heterocycles. The summed E-state index contributed by atoms with van der Waals surface area (Å²) in [6.45, 7) is 5.66. The third-order valence-corrected chi connectivity index (χ3v) is 4.30. The number of amides is 1. The molecule has 0 spiro atoms. The number of aromatic nitrogens is 2. The van der Waals surface area contributed by atoms with Crippen molar-refractivity contribution in [1.82, 2.24) is 10.1 Å². The fraction of sp³-hybridized carbons (Fsp3) is 0.235. The standard InChI is InChI=1S/C17H17N3O2S/c1-4-14-16(10(2)22-20-14)17(21)19-13-7-5-6-12(8-13)15-9-23-11(3)18-15/h5-9H,4H2,1-3H3,(H,19,21). The Labute approximate surface area is 138 Å². The molecule has 0 fully saturated rings. The summed E-state index contributed by atoms with van der Waals surface area (Å²) in [5, 5.41) is 9.86. The van der Waals surface area contributed by atoms with E-state index in [-0.39, 0.29) is 5.91 Å². The minimum atomic E-state index is -0.202. The van der Waals surface area contributed by atoms with E-state index in [9.17, 15) is 4.79 Å². The molecule has 6 heteroatoms. The number of anilines is 1. The Hall–Kier alpha value is -2.47. The van der Waals surface area contributed by atoms with Crippen LogP contribution in [0.3, 0.4) is 0 Å². The van der Waals surface area contributed by atoms with Crippen LogP contribution in [0.25, 0.3) is 11.3 Å². The molecule has 0 atom stereocenters. The lowest BCUT2D eigenvalue weighted by Crippen LogP contribution is -2.14. The summed E-state index contributed by atoms with van der Waals surface area (Å²) in [5.74, 6) is 0.331. The van der Waals surface area contributed by atoms with Crippen LogP contribution in [-0.4, -0.2) is 16.0 Å². The van der Waals surface area contributed by atoms with E-state index in [0.717, 1.165) is 22.0 Å². The number of benzene rings is 1. The first-order valence-electron chi connectivity index (χ1n) is 7.37. The maximum Gasteiger partial charge on any atom is 0.261 e. The predicted molar refractivity (Wildman–Crippen MR) is 90.9 cm³/mol. The van der Waals surface area contributed by atoms with Gasteiger partial charge in [0, 0.05) is 16.6 Å². The molecule has 0 unspecified atom stereocenters. The van der Waals surface area contributed by atoms with Crippen molar-refractivity contribution in [1.29, 1.82) is 0 Å². The van der Waals surface area contributed by atoms with Gasteiger partial charge in [-0.05, 0) is 32.4 Å². The Kier molecular flexibility index (Phi) is 4.25. The van der Waals surface area contributed by atoms with Crippen molar-refractivity contribution in [3.05, 3.63) is 51.7 Å². The second-order valence-corrected chi connectivity index (χ2v) is 6.26. The van der Waals surface area contributed by atoms with Gasteiger partial charge >= 0.3 is 0 Å². The van der Waals surface area contributed by atoms with Gasteiger partial charge < -0.3 is 9.84 Å². The van der Waals surface area contributed by atoms with Crippen LogP contribution in [0, 0.1) is 13.8 Å². The van der Waals surface area contributed by atoms with Crippen molar-refractivity contribution in [2.75, 3.05) is 5.32 Å². The molecule has 1 N–H and O–H groups in total. The molecule has 0 bridgehead atoms. The average molecular weight is 327 g/mol. The lowest BCUT2D eigenvalue weighted by molar-refractivity contribution is 0.102. The van der Waals surface area contributed by atoms with Gasteiger partial charge in [-0.2, -0.15) is 0 Å². The fourth-order valence-corrected chi connectivity index (χ4v) is 3.02. The first kappa shape index (κ1) is 15.4. The van der Waals surface area contributed by atoms with Crippen LogP contribution in [0.2, 0.25) is 0 Å². The molecule has 0 saturated carbocycles. The number of aryl methyl sites for hydroxylation is 3. The lowest BCUT2D eigenvalue weighted by atomic mass is 10.1. The Morgan fingerprint density at radius 1 is 1.35 bits per heavy atom. The van der Waals surface area contributed by atoms with Gasteiger partial charge in [0.15, 0.2) is 0 Å². The SMILES string of the molecule is CCc1noc(C)c1C(=O)Nc1cccc(-c2csc(C)n2)c1. The monoisotopic (exact) mass is 327 g/mol. The molecule has 0 aliphatic carbocycles. The number of carbonyl (C=O) groups is 1. The number of thiazole rings is 1. The van der Waals surface area contributed by atoms with Crippen LogP contribution < -0.4 is 5.32 Å². The zero-order chi connectivity index (χ0) is 16.4. The number of hydrogen-bond acceptors (Lipinski definition) is 5. The van der Waals surface area contributed by atoms with Crippen LogP contribution in [-0.2, 0) is 6.42 Å². The number of carbonyl (C=O) groups excluding carboxylic acids is 1. The van der Waals surface area contributed by atoms with E-state index >= 15 is 0 Å². The van der Waals surface area contributed by atoms with Crippen LogP contribution >= 0.6 is 11.3 Å². The normalized spacial score (nSPS) is 10.7. The fourth-order valence-electron chi connectivity index (χ4n) is 2.40. The zero-order valence-corrected chi connectivity index (χ0v) is 14.0. The number of hydrogen-bond donors (Lipinski definition) is 1. The zero-order valence-electron chi connectivity index (χ0n) is 13.2. The van der Waals surface area contributed by atoms with E-state index in [1.54, 1.807) is 18.3 Å². The third-order valence-electron chi connectivity index (χ3n) is 3.53. The van der Waals surface area contributed by atoms with Crippen molar-refractivity contribution in [3.8, 4) is 11.3 Å². The molecule has 1 amide bonds. The lowest BCUT2D eigenvalue weighted by Gasteiger charge is -2.06. The first-order valence-corrected chi connectivity index (χ1v) is 8.25. The van der Waals surface area contributed by atoms with Crippen molar-refractivity contribution in [2.24, 2.45) is 0 Å². The molecule has 5 nitrogen and oxygen atoms in total. The van der Waals surface area contributed by atoms with Gasteiger partial charge in [0.05, 0.1) is 16.4 Å². The van der Waals surface area contributed by atoms with Crippen molar-refractivity contribution < 1.29 is 9.32 Å². The smallest absolute Gasteiger partial charge is 0.261 e. The molecule has 3 rings (SSSR count).